The van der Waals surface area contributed by atoms with Crippen LogP contribution in [0.15, 0.2) is 24.5 Å². The van der Waals surface area contributed by atoms with Crippen molar-refractivity contribution in [2.24, 2.45) is 0 Å². The fourth-order valence-corrected chi connectivity index (χ4v) is 0.949. The SMILES string of the molecule is O=[N+]([O-])C(Br)c1ccncc1. The second kappa shape index (κ2) is 3.43. The Balaban J connectivity index is 2.85. The number of halogens is 1. The Morgan fingerprint density at radius 1 is 1.55 bits per heavy atom. The lowest BCUT2D eigenvalue weighted by molar-refractivity contribution is -0.498. The fraction of sp³-hybridized carbons (Fsp3) is 0.167. The van der Waals surface area contributed by atoms with Gasteiger partial charge >= 0.3 is 0 Å². The number of rotatable bonds is 2. The van der Waals surface area contributed by atoms with Crippen molar-refractivity contribution in [1.29, 1.82) is 0 Å². The summed E-state index contributed by atoms with van der Waals surface area (Å²) in [6, 6.07) is 3.20. The van der Waals surface area contributed by atoms with Crippen molar-refractivity contribution >= 4 is 15.9 Å². The predicted molar refractivity (Wildman–Crippen MR) is 42.9 cm³/mol. The van der Waals surface area contributed by atoms with Crippen molar-refractivity contribution in [3.05, 3.63) is 40.2 Å². The Labute approximate surface area is 71.5 Å². The number of hydrogen-bond donors (Lipinski definition) is 0. The molecule has 0 bridgehead atoms. The number of nitrogens with zero attached hydrogens (tertiary/aromatic N) is 2. The van der Waals surface area contributed by atoms with Crippen LogP contribution in [0.3, 0.4) is 0 Å². The third kappa shape index (κ3) is 1.98. The minimum atomic E-state index is -0.828. The number of aromatic nitrogens is 1. The van der Waals surface area contributed by atoms with Crippen LogP contribution < -0.4 is 0 Å². The first kappa shape index (κ1) is 8.13. The van der Waals surface area contributed by atoms with E-state index in [1.807, 2.05) is 0 Å². The smallest absolute Gasteiger partial charge is 0.265 e. The van der Waals surface area contributed by atoms with Gasteiger partial charge in [0.1, 0.15) is 0 Å². The monoisotopic (exact) mass is 216 g/mol. The van der Waals surface area contributed by atoms with Crippen LogP contribution in [0.1, 0.15) is 10.5 Å². The molecule has 11 heavy (non-hydrogen) atoms. The van der Waals surface area contributed by atoms with Gasteiger partial charge in [-0.1, -0.05) is 0 Å². The number of pyridine rings is 1. The molecule has 0 aliphatic rings. The molecule has 0 aliphatic heterocycles. The van der Waals surface area contributed by atoms with E-state index in [0.717, 1.165) is 0 Å². The highest BCUT2D eigenvalue weighted by molar-refractivity contribution is 9.09. The summed E-state index contributed by atoms with van der Waals surface area (Å²) in [5.41, 5.74) is 0.602. The Morgan fingerprint density at radius 3 is 2.55 bits per heavy atom. The average Bonchev–Trinajstić information content (AvgIpc) is 2.05. The lowest BCUT2D eigenvalue weighted by Gasteiger charge is -1.99. The van der Waals surface area contributed by atoms with Crippen LogP contribution >= 0.6 is 15.9 Å². The quantitative estimate of drug-likeness (QED) is 0.328. The summed E-state index contributed by atoms with van der Waals surface area (Å²) in [6.07, 6.45) is 3.04. The minimum absolute atomic E-state index is 0.407. The van der Waals surface area contributed by atoms with E-state index in [4.69, 9.17) is 0 Å². The molecule has 0 radical (unpaired) electrons. The number of hydrogen-bond acceptors (Lipinski definition) is 3. The molecule has 0 aromatic carbocycles. The van der Waals surface area contributed by atoms with Gasteiger partial charge in [-0.2, -0.15) is 0 Å². The van der Waals surface area contributed by atoms with Crippen LogP contribution in [0.5, 0.6) is 0 Å². The van der Waals surface area contributed by atoms with Crippen molar-refractivity contribution in [2.45, 2.75) is 4.95 Å². The lowest BCUT2D eigenvalue weighted by Crippen LogP contribution is -2.02. The largest absolute Gasteiger partial charge is 0.290 e. The van der Waals surface area contributed by atoms with E-state index in [0.29, 0.717) is 5.56 Å². The van der Waals surface area contributed by atoms with Gasteiger partial charge in [0.15, 0.2) is 0 Å². The van der Waals surface area contributed by atoms with E-state index in [1.165, 1.54) is 12.4 Å². The summed E-state index contributed by atoms with van der Waals surface area (Å²) in [7, 11) is 0. The Bertz CT molecular complexity index is 252. The highest BCUT2D eigenvalue weighted by Gasteiger charge is 2.16. The third-order valence-electron chi connectivity index (χ3n) is 1.17. The molecule has 1 aromatic rings. The van der Waals surface area contributed by atoms with Crippen molar-refractivity contribution in [2.75, 3.05) is 0 Å². The zero-order chi connectivity index (χ0) is 8.27. The van der Waals surface area contributed by atoms with E-state index in [1.54, 1.807) is 12.1 Å². The molecule has 1 aromatic heterocycles. The molecule has 58 valence electrons. The van der Waals surface area contributed by atoms with Gasteiger partial charge in [-0.05, 0) is 12.1 Å². The molecule has 1 heterocycles. The number of alkyl halides is 1. The van der Waals surface area contributed by atoms with Gasteiger partial charge in [0.25, 0.3) is 4.95 Å². The van der Waals surface area contributed by atoms with Gasteiger partial charge in [-0.25, -0.2) is 0 Å². The third-order valence-corrected chi connectivity index (χ3v) is 2.03. The summed E-state index contributed by atoms with van der Waals surface area (Å²) in [5, 5.41) is 10.2. The van der Waals surface area contributed by atoms with Gasteiger partial charge in [-0.15, -0.1) is 0 Å². The van der Waals surface area contributed by atoms with Crippen LogP contribution in [-0.2, 0) is 0 Å². The zero-order valence-corrected chi connectivity index (χ0v) is 7.06. The molecule has 0 N–H and O–H groups in total. The standard InChI is InChI=1S/C6H5BrN2O2/c7-6(9(10)11)5-1-3-8-4-2-5/h1-4,6H. The second-order valence-corrected chi connectivity index (χ2v) is 2.77. The molecule has 1 rings (SSSR count). The Morgan fingerprint density at radius 2 is 2.09 bits per heavy atom. The maximum atomic E-state index is 10.2. The molecule has 0 spiro atoms. The van der Waals surface area contributed by atoms with Crippen molar-refractivity contribution in [3.8, 4) is 0 Å². The first-order valence-corrected chi connectivity index (χ1v) is 3.81. The Hall–Kier alpha value is -0.970. The molecule has 0 amide bonds. The van der Waals surface area contributed by atoms with Gasteiger partial charge < -0.3 is 0 Å². The highest BCUT2D eigenvalue weighted by Crippen LogP contribution is 2.21. The summed E-state index contributed by atoms with van der Waals surface area (Å²) in [5.74, 6) is 0. The minimum Gasteiger partial charge on any atom is -0.265 e. The van der Waals surface area contributed by atoms with Crippen molar-refractivity contribution < 1.29 is 4.92 Å². The molecule has 1 atom stereocenters. The van der Waals surface area contributed by atoms with Gasteiger partial charge in [0.2, 0.25) is 0 Å². The molecule has 0 fully saturated rings. The summed E-state index contributed by atoms with van der Waals surface area (Å²) in [6.45, 7) is 0. The summed E-state index contributed by atoms with van der Waals surface area (Å²) < 4.78 is 0. The highest BCUT2D eigenvalue weighted by atomic mass is 79.9. The second-order valence-electron chi connectivity index (χ2n) is 1.90. The molecule has 0 aliphatic carbocycles. The van der Waals surface area contributed by atoms with E-state index >= 15 is 0 Å². The van der Waals surface area contributed by atoms with Crippen LogP contribution in [0.25, 0.3) is 0 Å². The van der Waals surface area contributed by atoms with E-state index in [2.05, 4.69) is 20.9 Å². The van der Waals surface area contributed by atoms with Crippen molar-refractivity contribution in [3.63, 3.8) is 0 Å². The molecule has 4 nitrogen and oxygen atoms in total. The first-order valence-electron chi connectivity index (χ1n) is 2.89. The summed E-state index contributed by atoms with van der Waals surface area (Å²) in [4.78, 5) is 12.7. The molecule has 1 unspecified atom stereocenters. The number of nitro groups is 1. The van der Waals surface area contributed by atoms with Gasteiger partial charge in [-0.3, -0.25) is 15.1 Å². The Kier molecular flexibility index (Phi) is 2.53. The fourth-order valence-electron chi connectivity index (χ4n) is 0.644. The van der Waals surface area contributed by atoms with Crippen molar-refractivity contribution in [1.82, 2.24) is 4.98 Å². The predicted octanol–water partition coefficient (Wildman–Crippen LogP) is 1.75. The molecule has 5 heteroatoms. The van der Waals surface area contributed by atoms with Crippen LogP contribution in [-0.4, -0.2) is 9.91 Å². The first-order chi connectivity index (χ1) is 5.22. The topological polar surface area (TPSA) is 56.0 Å². The zero-order valence-electron chi connectivity index (χ0n) is 5.48. The van der Waals surface area contributed by atoms with Gasteiger partial charge in [0.05, 0.1) is 0 Å². The molecule has 0 saturated carbocycles. The van der Waals surface area contributed by atoms with Crippen LogP contribution in [0, 0.1) is 10.1 Å². The maximum absolute atomic E-state index is 10.2. The molecular weight excluding hydrogens is 212 g/mol. The molecule has 0 saturated heterocycles. The normalized spacial score (nSPS) is 12.5. The summed E-state index contributed by atoms with van der Waals surface area (Å²) >= 11 is 2.92. The van der Waals surface area contributed by atoms with Gasteiger partial charge in [0, 0.05) is 38.8 Å². The van der Waals surface area contributed by atoms with Crippen LogP contribution in [0.2, 0.25) is 0 Å². The van der Waals surface area contributed by atoms with E-state index in [-0.39, 0.29) is 0 Å². The van der Waals surface area contributed by atoms with E-state index < -0.39 is 9.87 Å². The lowest BCUT2D eigenvalue weighted by atomic mass is 10.3. The van der Waals surface area contributed by atoms with E-state index in [9.17, 15) is 10.1 Å². The average molecular weight is 217 g/mol. The van der Waals surface area contributed by atoms with Crippen LogP contribution in [0.4, 0.5) is 0 Å². The maximum Gasteiger partial charge on any atom is 0.290 e. The molecular formula is C6H5BrN2O2.